The highest BCUT2D eigenvalue weighted by molar-refractivity contribution is 5.90. The number of benzene rings is 1. The average molecular weight is 355 g/mol. The lowest BCUT2D eigenvalue weighted by molar-refractivity contribution is 0.121. The number of nitrogens with zero attached hydrogens (tertiary/aromatic N) is 2. The Morgan fingerprint density at radius 2 is 2.00 bits per heavy atom. The molecule has 140 valence electrons. The van der Waals surface area contributed by atoms with Crippen LogP contribution in [0.1, 0.15) is 36.7 Å². The quantitative estimate of drug-likeness (QED) is 0.864. The Morgan fingerprint density at radius 1 is 1.23 bits per heavy atom. The third-order valence-corrected chi connectivity index (χ3v) is 5.46. The fraction of sp³-hybridized carbons (Fsp3) is 0.476. The predicted octanol–water partition coefficient (Wildman–Crippen LogP) is 4.41. The average Bonchev–Trinajstić information content (AvgIpc) is 3.17. The van der Waals surface area contributed by atoms with Crippen LogP contribution >= 0.6 is 0 Å². The number of amides is 2. The van der Waals surface area contributed by atoms with Gasteiger partial charge in [-0.3, -0.25) is 0 Å². The van der Waals surface area contributed by atoms with Crippen LogP contribution in [0.15, 0.2) is 41.0 Å². The molecule has 5 heteroatoms. The number of furan rings is 1. The second kappa shape index (κ2) is 8.41. The van der Waals surface area contributed by atoms with E-state index in [-0.39, 0.29) is 12.1 Å². The van der Waals surface area contributed by atoms with Crippen LogP contribution in [-0.2, 0) is 6.54 Å². The van der Waals surface area contributed by atoms with Crippen molar-refractivity contribution in [1.82, 2.24) is 9.80 Å². The second-order valence-corrected chi connectivity index (χ2v) is 7.05. The number of carbonyl (C=O) groups is 1. The molecule has 1 aliphatic rings. The molecule has 0 aliphatic carbocycles. The summed E-state index contributed by atoms with van der Waals surface area (Å²) in [5.41, 5.74) is 3.17. The molecule has 2 heterocycles. The molecule has 1 saturated heterocycles. The summed E-state index contributed by atoms with van der Waals surface area (Å²) in [5, 5.41) is 3.12. The number of hydrogen-bond acceptors (Lipinski definition) is 3. The van der Waals surface area contributed by atoms with Gasteiger partial charge in [0.2, 0.25) is 0 Å². The van der Waals surface area contributed by atoms with E-state index in [1.54, 1.807) is 6.26 Å². The van der Waals surface area contributed by atoms with Crippen LogP contribution in [0.25, 0.3) is 0 Å². The Hall–Kier alpha value is -2.27. The molecule has 1 fully saturated rings. The van der Waals surface area contributed by atoms with E-state index in [1.165, 1.54) is 5.56 Å². The van der Waals surface area contributed by atoms with Gasteiger partial charge in [-0.2, -0.15) is 0 Å². The van der Waals surface area contributed by atoms with E-state index in [4.69, 9.17) is 4.42 Å². The topological polar surface area (TPSA) is 48.7 Å². The van der Waals surface area contributed by atoms with Crippen LogP contribution in [0.5, 0.6) is 0 Å². The Labute approximate surface area is 156 Å². The van der Waals surface area contributed by atoms with Gasteiger partial charge in [0.25, 0.3) is 0 Å². The number of nitrogens with one attached hydrogen (secondary N) is 1. The zero-order chi connectivity index (χ0) is 18.5. The molecule has 1 N–H and O–H groups in total. The molecule has 1 aliphatic heterocycles. The van der Waals surface area contributed by atoms with E-state index < -0.39 is 0 Å². The molecule has 0 spiro atoms. The molecular formula is C21H29N3O2. The lowest BCUT2D eigenvalue weighted by Gasteiger charge is -2.38. The summed E-state index contributed by atoms with van der Waals surface area (Å²) in [6.45, 7) is 9.93. The summed E-state index contributed by atoms with van der Waals surface area (Å²) in [7, 11) is 0. The van der Waals surface area contributed by atoms with Crippen molar-refractivity contribution in [3.63, 3.8) is 0 Å². The predicted molar refractivity (Wildman–Crippen MR) is 104 cm³/mol. The highest BCUT2D eigenvalue weighted by Crippen LogP contribution is 2.23. The van der Waals surface area contributed by atoms with Gasteiger partial charge < -0.3 is 19.5 Å². The number of rotatable bonds is 5. The third-order valence-electron chi connectivity index (χ3n) is 5.46. The van der Waals surface area contributed by atoms with Gasteiger partial charge in [-0.1, -0.05) is 19.1 Å². The molecule has 0 radical (unpaired) electrons. The maximum atomic E-state index is 13.1. The molecule has 3 rings (SSSR count). The van der Waals surface area contributed by atoms with Crippen molar-refractivity contribution >= 4 is 11.7 Å². The molecule has 0 unspecified atom stereocenters. The lowest BCUT2D eigenvalue weighted by Crippen LogP contribution is -2.48. The van der Waals surface area contributed by atoms with E-state index in [0.29, 0.717) is 6.54 Å². The van der Waals surface area contributed by atoms with Crippen molar-refractivity contribution in [2.45, 2.75) is 46.2 Å². The summed E-state index contributed by atoms with van der Waals surface area (Å²) in [5.74, 6) is 0.819. The standard InChI is InChI=1S/C21H29N3O2/c1-4-23-12-10-18(11-13-23)24(15-19-8-6-14-26-19)21(25)22-20-9-5-7-16(2)17(20)3/h5-9,14,18H,4,10-13,15H2,1-3H3,(H,22,25). The molecule has 5 nitrogen and oxygen atoms in total. The first-order valence-electron chi connectivity index (χ1n) is 9.47. The largest absolute Gasteiger partial charge is 0.467 e. The Bertz CT molecular complexity index is 719. The fourth-order valence-electron chi connectivity index (χ4n) is 3.56. The van der Waals surface area contributed by atoms with Crippen molar-refractivity contribution in [2.75, 3.05) is 25.0 Å². The number of likely N-dealkylation sites (tertiary alicyclic amines) is 1. The van der Waals surface area contributed by atoms with Crippen molar-refractivity contribution in [1.29, 1.82) is 0 Å². The molecule has 26 heavy (non-hydrogen) atoms. The number of urea groups is 1. The third kappa shape index (κ3) is 4.28. The van der Waals surface area contributed by atoms with Gasteiger partial charge in [-0.25, -0.2) is 4.79 Å². The number of hydrogen-bond donors (Lipinski definition) is 1. The second-order valence-electron chi connectivity index (χ2n) is 7.05. The highest BCUT2D eigenvalue weighted by Gasteiger charge is 2.28. The first kappa shape index (κ1) is 18.5. The van der Waals surface area contributed by atoms with Gasteiger partial charge in [0, 0.05) is 24.8 Å². The molecule has 1 aromatic carbocycles. The minimum atomic E-state index is -0.0509. The van der Waals surface area contributed by atoms with E-state index >= 15 is 0 Å². The van der Waals surface area contributed by atoms with Crippen LogP contribution < -0.4 is 5.32 Å². The number of carbonyl (C=O) groups excluding carboxylic acids is 1. The van der Waals surface area contributed by atoms with E-state index in [9.17, 15) is 4.79 Å². The summed E-state index contributed by atoms with van der Waals surface area (Å²) in [6, 6.07) is 9.99. The van der Waals surface area contributed by atoms with Crippen molar-refractivity contribution in [3.8, 4) is 0 Å². The molecule has 0 atom stereocenters. The first-order valence-corrected chi connectivity index (χ1v) is 9.47. The molecular weight excluding hydrogens is 326 g/mol. The number of anilines is 1. The normalized spacial score (nSPS) is 15.8. The van der Waals surface area contributed by atoms with Gasteiger partial charge in [0.05, 0.1) is 12.8 Å². The highest BCUT2D eigenvalue weighted by atomic mass is 16.3. The Balaban J connectivity index is 1.76. The van der Waals surface area contributed by atoms with E-state index in [2.05, 4.69) is 30.1 Å². The lowest BCUT2D eigenvalue weighted by atomic mass is 10.0. The maximum Gasteiger partial charge on any atom is 0.322 e. The van der Waals surface area contributed by atoms with Crippen molar-refractivity contribution in [2.24, 2.45) is 0 Å². The summed E-state index contributed by atoms with van der Waals surface area (Å²) in [6.07, 6.45) is 3.65. The maximum absolute atomic E-state index is 13.1. The van der Waals surface area contributed by atoms with Gasteiger partial charge in [-0.15, -0.1) is 0 Å². The van der Waals surface area contributed by atoms with Crippen LogP contribution in [-0.4, -0.2) is 41.5 Å². The summed E-state index contributed by atoms with van der Waals surface area (Å²) in [4.78, 5) is 17.5. The summed E-state index contributed by atoms with van der Waals surface area (Å²) >= 11 is 0. The smallest absolute Gasteiger partial charge is 0.322 e. The molecule has 1 aromatic heterocycles. The van der Waals surface area contributed by atoms with Gasteiger partial charge in [-0.05, 0) is 62.6 Å². The molecule has 2 aromatic rings. The Kier molecular flexibility index (Phi) is 5.99. The van der Waals surface area contributed by atoms with E-state index in [1.807, 2.05) is 36.1 Å². The summed E-state index contributed by atoms with van der Waals surface area (Å²) < 4.78 is 5.51. The number of aryl methyl sites for hydroxylation is 1. The minimum Gasteiger partial charge on any atom is -0.467 e. The number of piperidine rings is 1. The van der Waals surface area contributed by atoms with E-state index in [0.717, 1.165) is 49.5 Å². The minimum absolute atomic E-state index is 0.0509. The van der Waals surface area contributed by atoms with Crippen LogP contribution in [0, 0.1) is 13.8 Å². The van der Waals surface area contributed by atoms with Crippen molar-refractivity contribution in [3.05, 3.63) is 53.5 Å². The molecule has 0 bridgehead atoms. The molecule has 0 saturated carbocycles. The zero-order valence-electron chi connectivity index (χ0n) is 16.0. The van der Waals surface area contributed by atoms with Crippen LogP contribution in [0.4, 0.5) is 10.5 Å². The van der Waals surface area contributed by atoms with Gasteiger partial charge >= 0.3 is 6.03 Å². The fourth-order valence-corrected chi connectivity index (χ4v) is 3.56. The zero-order valence-corrected chi connectivity index (χ0v) is 16.0. The van der Waals surface area contributed by atoms with Gasteiger partial charge in [0.1, 0.15) is 5.76 Å². The van der Waals surface area contributed by atoms with Gasteiger partial charge in [0.15, 0.2) is 0 Å². The monoisotopic (exact) mass is 355 g/mol. The van der Waals surface area contributed by atoms with Crippen LogP contribution in [0.2, 0.25) is 0 Å². The van der Waals surface area contributed by atoms with Crippen LogP contribution in [0.3, 0.4) is 0 Å². The first-order chi connectivity index (χ1) is 12.6. The molecule has 2 amide bonds. The Morgan fingerprint density at radius 3 is 2.65 bits per heavy atom. The van der Waals surface area contributed by atoms with Crippen molar-refractivity contribution < 1.29 is 9.21 Å². The SMILES string of the molecule is CCN1CCC(N(Cc2ccco2)C(=O)Nc2cccc(C)c2C)CC1.